The molecule has 0 amide bonds. The van der Waals surface area contributed by atoms with Crippen LogP contribution in [-0.2, 0) is 0 Å². The molecule has 0 saturated carbocycles. The van der Waals surface area contributed by atoms with Crippen LogP contribution < -0.4 is 10.1 Å². The largest absolute Gasteiger partial charge is 0.481 e. The zero-order valence-corrected chi connectivity index (χ0v) is 8.48. The molecule has 6 nitrogen and oxygen atoms in total. The summed E-state index contributed by atoms with van der Waals surface area (Å²) in [5, 5.41) is 13.3. The Kier molecular flexibility index (Phi) is 3.22. The van der Waals surface area contributed by atoms with Crippen LogP contribution in [0.3, 0.4) is 0 Å². The van der Waals surface area contributed by atoms with Crippen molar-refractivity contribution in [2.45, 2.75) is 0 Å². The van der Waals surface area contributed by atoms with E-state index in [1.807, 2.05) is 0 Å². The van der Waals surface area contributed by atoms with Gasteiger partial charge in [0, 0.05) is 18.8 Å². The fraction of sp³-hybridized carbons (Fsp3) is 0.222. The van der Waals surface area contributed by atoms with Crippen LogP contribution in [0, 0.1) is 10.1 Å². The van der Waals surface area contributed by atoms with Crippen LogP contribution in [-0.4, -0.2) is 24.1 Å². The van der Waals surface area contributed by atoms with Crippen LogP contribution in [0.2, 0.25) is 0 Å². The second kappa shape index (κ2) is 4.41. The third kappa shape index (κ3) is 2.22. The van der Waals surface area contributed by atoms with Crippen LogP contribution in [0.5, 0.6) is 5.88 Å². The molecule has 6 heteroatoms. The topological polar surface area (TPSA) is 77.3 Å². The van der Waals surface area contributed by atoms with Gasteiger partial charge >= 0.3 is 0 Å². The first-order valence-electron chi connectivity index (χ1n) is 4.15. The first-order chi connectivity index (χ1) is 7.10. The molecule has 0 atom stereocenters. The summed E-state index contributed by atoms with van der Waals surface area (Å²) in [5.74, 6) is 0.306. The molecule has 0 aromatic carbocycles. The van der Waals surface area contributed by atoms with Gasteiger partial charge in [-0.05, 0) is 0 Å². The maximum atomic E-state index is 10.5. The van der Waals surface area contributed by atoms with Crippen LogP contribution in [0.15, 0.2) is 18.8 Å². The Balaban J connectivity index is 3.25. The van der Waals surface area contributed by atoms with Crippen molar-refractivity contribution < 1.29 is 9.66 Å². The highest BCUT2D eigenvalue weighted by Crippen LogP contribution is 2.24. The van der Waals surface area contributed by atoms with E-state index in [1.165, 1.54) is 13.2 Å². The van der Waals surface area contributed by atoms with Crippen molar-refractivity contribution in [2.75, 3.05) is 14.2 Å². The van der Waals surface area contributed by atoms with Gasteiger partial charge in [0.2, 0.25) is 5.88 Å². The van der Waals surface area contributed by atoms with E-state index in [0.717, 1.165) is 6.20 Å². The van der Waals surface area contributed by atoms with Crippen molar-refractivity contribution in [2.24, 2.45) is 0 Å². The van der Waals surface area contributed by atoms with Crippen molar-refractivity contribution in [3.8, 4) is 5.88 Å². The number of pyridine rings is 1. The minimum atomic E-state index is -0.515. The number of rotatable bonds is 4. The monoisotopic (exact) mass is 209 g/mol. The molecule has 1 N–H and O–H groups in total. The van der Waals surface area contributed by atoms with E-state index >= 15 is 0 Å². The molecule has 80 valence electrons. The molecular formula is C9H11N3O3. The highest BCUT2D eigenvalue weighted by atomic mass is 16.6. The zero-order chi connectivity index (χ0) is 11.4. The summed E-state index contributed by atoms with van der Waals surface area (Å²) in [4.78, 5) is 13.8. The van der Waals surface area contributed by atoms with Gasteiger partial charge < -0.3 is 10.1 Å². The first kappa shape index (κ1) is 11.0. The molecular weight excluding hydrogens is 198 g/mol. The number of ether oxygens (including phenoxy) is 1. The maximum absolute atomic E-state index is 10.5. The first-order valence-corrected chi connectivity index (χ1v) is 4.15. The summed E-state index contributed by atoms with van der Waals surface area (Å²) in [5.41, 5.74) is 0.902. The second-order valence-electron chi connectivity index (χ2n) is 2.74. The van der Waals surface area contributed by atoms with Crippen LogP contribution >= 0.6 is 0 Å². The van der Waals surface area contributed by atoms with Gasteiger partial charge in [-0.3, -0.25) is 10.1 Å². The molecule has 1 aromatic rings. The SMILES string of the molecule is C=C(NC)c1cc([N+](=O)[O-])cnc1OC. The van der Waals surface area contributed by atoms with E-state index in [4.69, 9.17) is 4.74 Å². The molecule has 0 unspecified atom stereocenters. The molecule has 0 saturated heterocycles. The Morgan fingerprint density at radius 1 is 1.73 bits per heavy atom. The summed E-state index contributed by atoms with van der Waals surface area (Å²) < 4.78 is 4.97. The van der Waals surface area contributed by atoms with Gasteiger partial charge in [0.05, 0.1) is 17.6 Å². The van der Waals surface area contributed by atoms with E-state index in [1.54, 1.807) is 7.05 Å². The molecule has 15 heavy (non-hydrogen) atoms. The summed E-state index contributed by atoms with van der Waals surface area (Å²) >= 11 is 0. The van der Waals surface area contributed by atoms with Gasteiger partial charge in [0.1, 0.15) is 6.20 Å². The van der Waals surface area contributed by atoms with Gasteiger partial charge in [-0.15, -0.1) is 0 Å². The summed E-state index contributed by atoms with van der Waals surface area (Å²) in [6.45, 7) is 3.70. The van der Waals surface area contributed by atoms with Crippen molar-refractivity contribution in [3.05, 3.63) is 34.5 Å². The Labute approximate surface area is 86.7 Å². The fourth-order valence-corrected chi connectivity index (χ4v) is 1.05. The number of nitrogens with zero attached hydrogens (tertiary/aromatic N) is 2. The predicted octanol–water partition coefficient (Wildman–Crippen LogP) is 1.19. The highest BCUT2D eigenvalue weighted by Gasteiger charge is 2.14. The quantitative estimate of drug-likeness (QED) is 0.595. The van der Waals surface area contributed by atoms with Crippen molar-refractivity contribution in [1.82, 2.24) is 10.3 Å². The third-order valence-corrected chi connectivity index (χ3v) is 1.87. The number of aromatic nitrogens is 1. The molecule has 0 aliphatic heterocycles. The summed E-state index contributed by atoms with van der Waals surface area (Å²) in [7, 11) is 3.11. The predicted molar refractivity (Wildman–Crippen MR) is 55.5 cm³/mol. The molecule has 0 fully saturated rings. The Hall–Kier alpha value is -2.11. The van der Waals surface area contributed by atoms with Gasteiger partial charge in [-0.2, -0.15) is 0 Å². The third-order valence-electron chi connectivity index (χ3n) is 1.87. The molecule has 0 aliphatic rings. The van der Waals surface area contributed by atoms with Crippen LogP contribution in [0.25, 0.3) is 5.70 Å². The van der Waals surface area contributed by atoms with Gasteiger partial charge in [0.15, 0.2) is 0 Å². The molecule has 0 bridgehead atoms. The summed E-state index contributed by atoms with van der Waals surface area (Å²) in [6, 6.07) is 1.37. The van der Waals surface area contributed by atoms with E-state index < -0.39 is 4.92 Å². The van der Waals surface area contributed by atoms with E-state index in [-0.39, 0.29) is 5.69 Å². The lowest BCUT2D eigenvalue weighted by molar-refractivity contribution is -0.385. The second-order valence-corrected chi connectivity index (χ2v) is 2.74. The Morgan fingerprint density at radius 2 is 2.40 bits per heavy atom. The number of hydrogen-bond acceptors (Lipinski definition) is 5. The average Bonchev–Trinajstić information content (AvgIpc) is 2.27. The molecule has 0 radical (unpaired) electrons. The van der Waals surface area contributed by atoms with E-state index in [2.05, 4.69) is 16.9 Å². The normalized spacial score (nSPS) is 9.47. The number of nitro groups is 1. The molecule has 1 aromatic heterocycles. The van der Waals surface area contributed by atoms with E-state index in [9.17, 15) is 10.1 Å². The number of hydrogen-bond donors (Lipinski definition) is 1. The molecule has 1 heterocycles. The molecule has 1 rings (SSSR count). The molecule has 0 aliphatic carbocycles. The average molecular weight is 209 g/mol. The smallest absolute Gasteiger partial charge is 0.288 e. The van der Waals surface area contributed by atoms with Crippen LogP contribution in [0.4, 0.5) is 5.69 Å². The summed E-state index contributed by atoms with van der Waals surface area (Å²) in [6.07, 6.45) is 1.14. The lowest BCUT2D eigenvalue weighted by atomic mass is 10.2. The lowest BCUT2D eigenvalue weighted by Gasteiger charge is -2.08. The highest BCUT2D eigenvalue weighted by molar-refractivity contribution is 5.67. The Bertz CT molecular complexity index is 404. The lowest BCUT2D eigenvalue weighted by Crippen LogP contribution is -2.06. The van der Waals surface area contributed by atoms with Gasteiger partial charge in [0.25, 0.3) is 5.69 Å². The van der Waals surface area contributed by atoms with E-state index in [0.29, 0.717) is 17.1 Å². The van der Waals surface area contributed by atoms with Gasteiger partial charge in [-0.1, -0.05) is 6.58 Å². The van der Waals surface area contributed by atoms with Crippen molar-refractivity contribution in [3.63, 3.8) is 0 Å². The Morgan fingerprint density at radius 3 is 2.87 bits per heavy atom. The minimum absolute atomic E-state index is 0.0952. The standard InChI is InChI=1S/C9H11N3O3/c1-6(10-2)8-4-7(12(13)14)5-11-9(8)15-3/h4-5,10H,1H2,2-3H3. The van der Waals surface area contributed by atoms with Crippen LogP contribution in [0.1, 0.15) is 5.56 Å². The maximum Gasteiger partial charge on any atom is 0.288 e. The zero-order valence-electron chi connectivity index (χ0n) is 8.48. The minimum Gasteiger partial charge on any atom is -0.481 e. The number of methoxy groups -OCH3 is 1. The number of nitrogens with one attached hydrogen (secondary N) is 1. The fourth-order valence-electron chi connectivity index (χ4n) is 1.05. The van der Waals surface area contributed by atoms with Gasteiger partial charge in [-0.25, -0.2) is 4.98 Å². The van der Waals surface area contributed by atoms with Crippen molar-refractivity contribution >= 4 is 11.4 Å². The van der Waals surface area contributed by atoms with Crippen molar-refractivity contribution in [1.29, 1.82) is 0 Å². The molecule has 0 spiro atoms.